The summed E-state index contributed by atoms with van der Waals surface area (Å²) in [6.07, 6.45) is 1.93. The normalized spacial score (nSPS) is 26.0. The second kappa shape index (κ2) is 5.62. The van der Waals surface area contributed by atoms with Crippen molar-refractivity contribution < 1.29 is 19.1 Å². The Morgan fingerprint density at radius 1 is 1.17 bits per heavy atom. The highest BCUT2D eigenvalue weighted by atomic mass is 16.7. The van der Waals surface area contributed by atoms with Crippen molar-refractivity contribution in [2.75, 3.05) is 26.3 Å². The lowest BCUT2D eigenvalue weighted by atomic mass is 9.94. The molecule has 23 heavy (non-hydrogen) atoms. The van der Waals surface area contributed by atoms with Gasteiger partial charge < -0.3 is 19.7 Å². The van der Waals surface area contributed by atoms with Gasteiger partial charge in [-0.25, -0.2) is 0 Å². The first-order valence-electron chi connectivity index (χ1n) is 8.12. The van der Waals surface area contributed by atoms with Gasteiger partial charge in [-0.2, -0.15) is 0 Å². The zero-order valence-electron chi connectivity index (χ0n) is 12.9. The summed E-state index contributed by atoms with van der Waals surface area (Å²) >= 11 is 0. The van der Waals surface area contributed by atoms with E-state index in [0.717, 1.165) is 5.56 Å². The second-order valence-corrected chi connectivity index (χ2v) is 6.32. The fourth-order valence-electron chi connectivity index (χ4n) is 3.65. The number of benzene rings is 1. The minimum absolute atomic E-state index is 0.0132. The largest absolute Gasteiger partial charge is 0.347 e. The molecule has 6 heteroatoms. The molecule has 122 valence electrons. The minimum Gasteiger partial charge on any atom is -0.347 e. The summed E-state index contributed by atoms with van der Waals surface area (Å²) < 4.78 is 11.4. The van der Waals surface area contributed by atoms with Crippen LogP contribution in [0.3, 0.4) is 0 Å². The molecule has 1 N–H and O–H groups in total. The molecule has 0 saturated carbocycles. The molecule has 0 bridgehead atoms. The number of likely N-dealkylation sites (tertiary alicyclic amines) is 1. The van der Waals surface area contributed by atoms with Gasteiger partial charge in [0.2, 0.25) is 5.91 Å². The Bertz CT molecular complexity index is 629. The van der Waals surface area contributed by atoms with E-state index in [1.165, 1.54) is 0 Å². The van der Waals surface area contributed by atoms with Crippen LogP contribution in [0.4, 0.5) is 0 Å². The molecule has 3 aliphatic rings. The van der Waals surface area contributed by atoms with Crippen molar-refractivity contribution in [3.8, 4) is 0 Å². The van der Waals surface area contributed by atoms with Gasteiger partial charge >= 0.3 is 0 Å². The van der Waals surface area contributed by atoms with E-state index < -0.39 is 11.8 Å². The highest BCUT2D eigenvalue weighted by Gasteiger charge is 2.42. The standard InChI is InChI=1S/C17H20N2O4/c20-15-13-4-2-1-3-12(13)11-14(18-15)16(21)19-7-5-17(6-8-19)22-9-10-23-17/h1-4,14H,5-11H2,(H,18,20). The lowest BCUT2D eigenvalue weighted by molar-refractivity contribution is -0.187. The fourth-order valence-corrected chi connectivity index (χ4v) is 3.65. The van der Waals surface area contributed by atoms with Crippen LogP contribution in [0, 0.1) is 0 Å². The number of piperidine rings is 1. The van der Waals surface area contributed by atoms with E-state index in [9.17, 15) is 9.59 Å². The third-order valence-electron chi connectivity index (χ3n) is 4.94. The third kappa shape index (κ3) is 2.62. The molecule has 2 saturated heterocycles. The van der Waals surface area contributed by atoms with Gasteiger partial charge in [0.25, 0.3) is 5.91 Å². The van der Waals surface area contributed by atoms with Gasteiger partial charge in [-0.05, 0) is 11.6 Å². The van der Waals surface area contributed by atoms with Crippen LogP contribution in [0.2, 0.25) is 0 Å². The molecule has 0 radical (unpaired) electrons. The molecule has 4 rings (SSSR count). The lowest BCUT2D eigenvalue weighted by Crippen LogP contribution is -2.55. The van der Waals surface area contributed by atoms with Crippen LogP contribution >= 0.6 is 0 Å². The summed E-state index contributed by atoms with van der Waals surface area (Å²) in [5, 5.41) is 2.84. The quantitative estimate of drug-likeness (QED) is 0.828. The van der Waals surface area contributed by atoms with Crippen LogP contribution in [-0.2, 0) is 20.7 Å². The van der Waals surface area contributed by atoms with E-state index in [2.05, 4.69) is 5.32 Å². The number of ether oxygens (including phenoxy) is 2. The number of amides is 2. The third-order valence-corrected chi connectivity index (χ3v) is 4.94. The molecule has 1 unspecified atom stereocenters. The summed E-state index contributed by atoms with van der Waals surface area (Å²) in [5.74, 6) is -0.666. The summed E-state index contributed by atoms with van der Waals surface area (Å²) in [6, 6.07) is 6.98. The number of rotatable bonds is 1. The Hall–Kier alpha value is -1.92. The van der Waals surface area contributed by atoms with E-state index in [-0.39, 0.29) is 11.8 Å². The minimum atomic E-state index is -0.487. The number of nitrogens with zero attached hydrogens (tertiary/aromatic N) is 1. The van der Waals surface area contributed by atoms with Gasteiger partial charge in [-0.3, -0.25) is 9.59 Å². The topological polar surface area (TPSA) is 67.9 Å². The van der Waals surface area contributed by atoms with E-state index in [1.807, 2.05) is 23.1 Å². The molecule has 0 aromatic heterocycles. The van der Waals surface area contributed by atoms with Crippen molar-refractivity contribution in [2.45, 2.75) is 31.1 Å². The van der Waals surface area contributed by atoms with Crippen LogP contribution in [0.1, 0.15) is 28.8 Å². The van der Waals surface area contributed by atoms with Crippen LogP contribution in [0.15, 0.2) is 24.3 Å². The first-order chi connectivity index (χ1) is 11.2. The Morgan fingerprint density at radius 3 is 2.61 bits per heavy atom. The average molecular weight is 316 g/mol. The van der Waals surface area contributed by atoms with Crippen LogP contribution in [-0.4, -0.2) is 54.8 Å². The van der Waals surface area contributed by atoms with Gasteiger partial charge in [0.05, 0.1) is 13.2 Å². The molecule has 2 amide bonds. The van der Waals surface area contributed by atoms with Crippen LogP contribution < -0.4 is 5.32 Å². The molecule has 1 aromatic rings. The number of hydrogen-bond acceptors (Lipinski definition) is 4. The SMILES string of the molecule is O=C1NC(C(=O)N2CCC3(CC2)OCCO3)Cc2ccccc21. The fraction of sp³-hybridized carbons (Fsp3) is 0.529. The van der Waals surface area contributed by atoms with Crippen LogP contribution in [0.5, 0.6) is 0 Å². The number of fused-ring (bicyclic) bond motifs is 1. The van der Waals surface area contributed by atoms with E-state index in [4.69, 9.17) is 9.47 Å². The van der Waals surface area contributed by atoms with Gasteiger partial charge in [-0.15, -0.1) is 0 Å². The molecule has 1 atom stereocenters. The molecule has 1 spiro atoms. The van der Waals surface area contributed by atoms with Crippen LogP contribution in [0.25, 0.3) is 0 Å². The van der Waals surface area contributed by atoms with Crippen molar-refractivity contribution in [3.05, 3.63) is 35.4 Å². The smallest absolute Gasteiger partial charge is 0.252 e. The summed E-state index contributed by atoms with van der Waals surface area (Å²) in [5.41, 5.74) is 1.60. The van der Waals surface area contributed by atoms with Gasteiger partial charge in [0, 0.05) is 37.9 Å². The Labute approximate surface area is 134 Å². The van der Waals surface area contributed by atoms with E-state index in [1.54, 1.807) is 6.07 Å². The molecule has 3 aliphatic heterocycles. The van der Waals surface area contributed by atoms with Crippen molar-refractivity contribution in [3.63, 3.8) is 0 Å². The predicted octanol–water partition coefficient (Wildman–Crippen LogP) is 0.707. The highest BCUT2D eigenvalue weighted by molar-refractivity contribution is 6.00. The molecule has 3 heterocycles. The Morgan fingerprint density at radius 2 is 1.87 bits per heavy atom. The number of carbonyl (C=O) groups is 2. The summed E-state index contributed by atoms with van der Waals surface area (Å²) in [6.45, 7) is 2.46. The summed E-state index contributed by atoms with van der Waals surface area (Å²) in [7, 11) is 0. The number of nitrogens with one attached hydrogen (secondary N) is 1. The Balaban J connectivity index is 1.43. The van der Waals surface area contributed by atoms with Crippen molar-refractivity contribution in [1.82, 2.24) is 10.2 Å². The summed E-state index contributed by atoms with van der Waals surface area (Å²) in [4.78, 5) is 26.7. The monoisotopic (exact) mass is 316 g/mol. The zero-order chi connectivity index (χ0) is 15.9. The molecule has 1 aromatic carbocycles. The predicted molar refractivity (Wildman–Crippen MR) is 81.8 cm³/mol. The lowest BCUT2D eigenvalue weighted by Gasteiger charge is -2.39. The maximum atomic E-state index is 12.7. The maximum absolute atomic E-state index is 12.7. The van der Waals surface area contributed by atoms with Crippen molar-refractivity contribution in [1.29, 1.82) is 0 Å². The van der Waals surface area contributed by atoms with Gasteiger partial charge in [0.1, 0.15) is 6.04 Å². The first kappa shape index (κ1) is 14.7. The first-order valence-corrected chi connectivity index (χ1v) is 8.12. The molecule has 0 aliphatic carbocycles. The molecule has 2 fully saturated rings. The van der Waals surface area contributed by atoms with E-state index in [0.29, 0.717) is 51.1 Å². The highest BCUT2D eigenvalue weighted by Crippen LogP contribution is 2.31. The van der Waals surface area contributed by atoms with Gasteiger partial charge in [0.15, 0.2) is 5.79 Å². The molecular formula is C17H20N2O4. The zero-order valence-corrected chi connectivity index (χ0v) is 12.9. The molecule has 6 nitrogen and oxygen atoms in total. The number of hydrogen-bond donors (Lipinski definition) is 1. The maximum Gasteiger partial charge on any atom is 0.252 e. The second-order valence-electron chi connectivity index (χ2n) is 6.32. The number of carbonyl (C=O) groups excluding carboxylic acids is 2. The van der Waals surface area contributed by atoms with E-state index >= 15 is 0 Å². The molecular weight excluding hydrogens is 296 g/mol. The Kier molecular flexibility index (Phi) is 3.58. The van der Waals surface area contributed by atoms with Crippen molar-refractivity contribution >= 4 is 11.8 Å². The average Bonchev–Trinajstić information content (AvgIpc) is 3.03. The van der Waals surface area contributed by atoms with Crippen molar-refractivity contribution in [2.24, 2.45) is 0 Å². The van der Waals surface area contributed by atoms with Gasteiger partial charge in [-0.1, -0.05) is 18.2 Å².